The summed E-state index contributed by atoms with van der Waals surface area (Å²) < 4.78 is 32.2. The molecule has 112 valence electrons. The number of rotatable bonds is 5. The Bertz CT molecular complexity index is 714. The SMILES string of the molecule is COc1cccc(C(C)NS(=O)(=O)c2ccc(N)nc2)c1. The van der Waals surface area contributed by atoms with Crippen LogP contribution in [0.25, 0.3) is 0 Å². The molecule has 0 saturated carbocycles. The minimum Gasteiger partial charge on any atom is -0.497 e. The normalized spacial score (nSPS) is 12.9. The molecule has 2 rings (SSSR count). The Morgan fingerprint density at radius 1 is 1.29 bits per heavy atom. The predicted octanol–water partition coefficient (Wildman–Crippen LogP) is 1.71. The highest BCUT2D eigenvalue weighted by molar-refractivity contribution is 7.89. The zero-order valence-electron chi connectivity index (χ0n) is 11.8. The molecule has 3 N–H and O–H groups in total. The third kappa shape index (κ3) is 3.71. The third-order valence-corrected chi connectivity index (χ3v) is 4.52. The van der Waals surface area contributed by atoms with E-state index in [0.717, 1.165) is 5.56 Å². The fourth-order valence-corrected chi connectivity index (χ4v) is 3.01. The topological polar surface area (TPSA) is 94.3 Å². The second kappa shape index (κ2) is 6.11. The molecule has 7 heteroatoms. The lowest BCUT2D eigenvalue weighted by atomic mass is 10.1. The zero-order valence-corrected chi connectivity index (χ0v) is 12.6. The largest absolute Gasteiger partial charge is 0.497 e. The van der Waals surface area contributed by atoms with E-state index in [2.05, 4.69) is 9.71 Å². The average molecular weight is 307 g/mol. The van der Waals surface area contributed by atoms with Crippen molar-refractivity contribution < 1.29 is 13.2 Å². The number of pyridine rings is 1. The summed E-state index contributed by atoms with van der Waals surface area (Å²) >= 11 is 0. The molecule has 0 saturated heterocycles. The first-order chi connectivity index (χ1) is 9.92. The molecule has 21 heavy (non-hydrogen) atoms. The van der Waals surface area contributed by atoms with E-state index in [0.29, 0.717) is 5.75 Å². The molecule has 6 nitrogen and oxygen atoms in total. The molecule has 0 bridgehead atoms. The quantitative estimate of drug-likeness (QED) is 0.877. The predicted molar refractivity (Wildman–Crippen MR) is 80.4 cm³/mol. The number of nitrogen functional groups attached to an aromatic ring is 1. The van der Waals surface area contributed by atoms with Gasteiger partial charge in [0.25, 0.3) is 0 Å². The van der Waals surface area contributed by atoms with E-state index in [-0.39, 0.29) is 10.7 Å². The lowest BCUT2D eigenvalue weighted by molar-refractivity contribution is 0.413. The minimum absolute atomic E-state index is 0.0754. The van der Waals surface area contributed by atoms with Crippen LogP contribution in [-0.4, -0.2) is 20.5 Å². The van der Waals surface area contributed by atoms with Gasteiger partial charge in [-0.25, -0.2) is 18.1 Å². The molecule has 0 aliphatic heterocycles. The van der Waals surface area contributed by atoms with Crippen LogP contribution in [0.15, 0.2) is 47.5 Å². The number of hydrogen-bond donors (Lipinski definition) is 2. The Balaban J connectivity index is 2.21. The van der Waals surface area contributed by atoms with Crippen LogP contribution in [0.3, 0.4) is 0 Å². The highest BCUT2D eigenvalue weighted by atomic mass is 32.2. The van der Waals surface area contributed by atoms with E-state index in [1.54, 1.807) is 26.2 Å². The summed E-state index contributed by atoms with van der Waals surface area (Å²) in [6.45, 7) is 1.76. The second-order valence-electron chi connectivity index (χ2n) is 4.54. The molecule has 0 spiro atoms. The van der Waals surface area contributed by atoms with Crippen LogP contribution in [0, 0.1) is 0 Å². The Morgan fingerprint density at radius 3 is 2.67 bits per heavy atom. The lowest BCUT2D eigenvalue weighted by Crippen LogP contribution is -2.27. The highest BCUT2D eigenvalue weighted by Crippen LogP contribution is 2.21. The van der Waals surface area contributed by atoms with Gasteiger partial charge < -0.3 is 10.5 Å². The van der Waals surface area contributed by atoms with E-state index in [1.807, 2.05) is 12.1 Å². The number of hydrogen-bond acceptors (Lipinski definition) is 5. The molecule has 0 fully saturated rings. The van der Waals surface area contributed by atoms with Crippen molar-refractivity contribution in [2.24, 2.45) is 0 Å². The van der Waals surface area contributed by atoms with Gasteiger partial charge in [0.05, 0.1) is 7.11 Å². The van der Waals surface area contributed by atoms with Crippen LogP contribution in [0.5, 0.6) is 5.75 Å². The molecular formula is C14H17N3O3S. The molecule has 1 aromatic heterocycles. The van der Waals surface area contributed by atoms with E-state index in [1.165, 1.54) is 18.3 Å². The summed E-state index contributed by atoms with van der Waals surface area (Å²) in [5, 5.41) is 0. The second-order valence-corrected chi connectivity index (χ2v) is 6.25. The number of methoxy groups -OCH3 is 1. The van der Waals surface area contributed by atoms with Gasteiger partial charge in [-0.15, -0.1) is 0 Å². The highest BCUT2D eigenvalue weighted by Gasteiger charge is 2.19. The first-order valence-electron chi connectivity index (χ1n) is 6.30. The zero-order chi connectivity index (χ0) is 15.5. The molecule has 1 heterocycles. The van der Waals surface area contributed by atoms with Crippen molar-refractivity contribution in [1.82, 2.24) is 9.71 Å². The summed E-state index contributed by atoms with van der Waals surface area (Å²) in [5.41, 5.74) is 6.26. The number of anilines is 1. The number of sulfonamides is 1. The summed E-state index contributed by atoms with van der Waals surface area (Å²) in [7, 11) is -2.09. The first-order valence-corrected chi connectivity index (χ1v) is 7.78. The molecule has 0 aliphatic carbocycles. The van der Waals surface area contributed by atoms with Gasteiger partial charge in [-0.1, -0.05) is 12.1 Å². The Morgan fingerprint density at radius 2 is 2.05 bits per heavy atom. The van der Waals surface area contributed by atoms with E-state index in [4.69, 9.17) is 10.5 Å². The number of nitrogens with one attached hydrogen (secondary N) is 1. The summed E-state index contributed by atoms with van der Waals surface area (Å²) in [4.78, 5) is 3.87. The van der Waals surface area contributed by atoms with Gasteiger partial charge in [0.15, 0.2) is 0 Å². The van der Waals surface area contributed by atoms with Crippen molar-refractivity contribution in [3.63, 3.8) is 0 Å². The summed E-state index contributed by atoms with van der Waals surface area (Å²) in [6, 6.07) is 9.69. The van der Waals surface area contributed by atoms with Gasteiger partial charge in [-0.2, -0.15) is 0 Å². The lowest BCUT2D eigenvalue weighted by Gasteiger charge is -2.15. The molecule has 1 atom stereocenters. The standard InChI is InChI=1S/C14H17N3O3S/c1-10(11-4-3-5-12(8-11)20-2)17-21(18,19)13-6-7-14(15)16-9-13/h3-10,17H,1-2H3,(H2,15,16). The maximum atomic E-state index is 12.3. The van der Waals surface area contributed by atoms with E-state index in [9.17, 15) is 8.42 Å². The van der Waals surface area contributed by atoms with Crippen molar-refractivity contribution in [3.05, 3.63) is 48.2 Å². The summed E-state index contributed by atoms with van der Waals surface area (Å²) in [6.07, 6.45) is 1.23. The number of nitrogens with two attached hydrogens (primary N) is 1. The fraction of sp³-hybridized carbons (Fsp3) is 0.214. The first kappa shape index (κ1) is 15.3. The Kier molecular flexibility index (Phi) is 4.44. The Labute approximate surface area is 124 Å². The number of nitrogens with zero attached hydrogens (tertiary/aromatic N) is 1. The number of benzene rings is 1. The molecule has 1 unspecified atom stereocenters. The number of ether oxygens (including phenoxy) is 1. The van der Waals surface area contributed by atoms with Gasteiger partial charge in [0.2, 0.25) is 10.0 Å². The molecule has 2 aromatic rings. The van der Waals surface area contributed by atoms with Crippen molar-refractivity contribution >= 4 is 15.8 Å². The monoisotopic (exact) mass is 307 g/mol. The van der Waals surface area contributed by atoms with Crippen molar-refractivity contribution in [1.29, 1.82) is 0 Å². The average Bonchev–Trinajstić information content (AvgIpc) is 2.47. The minimum atomic E-state index is -3.65. The Hall–Kier alpha value is -2.12. The molecule has 1 aromatic carbocycles. The maximum absolute atomic E-state index is 12.3. The van der Waals surface area contributed by atoms with Crippen molar-refractivity contribution in [3.8, 4) is 5.75 Å². The fourth-order valence-electron chi connectivity index (χ4n) is 1.83. The van der Waals surface area contributed by atoms with Gasteiger partial charge >= 0.3 is 0 Å². The van der Waals surface area contributed by atoms with Crippen molar-refractivity contribution in [2.45, 2.75) is 17.9 Å². The van der Waals surface area contributed by atoms with Crippen molar-refractivity contribution in [2.75, 3.05) is 12.8 Å². The molecule has 0 amide bonds. The summed E-state index contributed by atoms with van der Waals surface area (Å²) in [5.74, 6) is 0.947. The van der Waals surface area contributed by atoms with Gasteiger partial charge in [-0.3, -0.25) is 0 Å². The van der Waals surface area contributed by atoms with Crippen LogP contribution < -0.4 is 15.2 Å². The van der Waals surface area contributed by atoms with Crippen LogP contribution in [0.1, 0.15) is 18.5 Å². The van der Waals surface area contributed by atoms with Gasteiger partial charge in [-0.05, 0) is 36.8 Å². The maximum Gasteiger partial charge on any atom is 0.242 e. The van der Waals surface area contributed by atoms with Crippen LogP contribution in [-0.2, 0) is 10.0 Å². The molecular weight excluding hydrogens is 290 g/mol. The third-order valence-electron chi connectivity index (χ3n) is 3.00. The van der Waals surface area contributed by atoms with Crippen LogP contribution in [0.4, 0.5) is 5.82 Å². The van der Waals surface area contributed by atoms with E-state index >= 15 is 0 Å². The number of aromatic nitrogens is 1. The van der Waals surface area contributed by atoms with Gasteiger partial charge in [0.1, 0.15) is 16.5 Å². The molecule has 0 radical (unpaired) electrons. The smallest absolute Gasteiger partial charge is 0.242 e. The van der Waals surface area contributed by atoms with Crippen LogP contribution >= 0.6 is 0 Å². The van der Waals surface area contributed by atoms with Crippen LogP contribution in [0.2, 0.25) is 0 Å². The molecule has 0 aliphatic rings. The van der Waals surface area contributed by atoms with E-state index < -0.39 is 16.1 Å². The van der Waals surface area contributed by atoms with Gasteiger partial charge in [0, 0.05) is 12.2 Å².